The Labute approximate surface area is 161 Å². The first-order valence-electron chi connectivity index (χ1n) is 10.4. The molecule has 3 amide bonds. The molecule has 0 spiro atoms. The molecule has 1 aromatic rings. The van der Waals surface area contributed by atoms with Crippen LogP contribution in [0.15, 0.2) is 24.3 Å². The zero-order valence-corrected chi connectivity index (χ0v) is 16.0. The van der Waals surface area contributed by atoms with Gasteiger partial charge < -0.3 is 20.4 Å². The van der Waals surface area contributed by atoms with Gasteiger partial charge >= 0.3 is 6.03 Å². The molecule has 2 heterocycles. The standard InChI is InChI=1S/C21H30N4O2/c26-20-19(11-15-25(20)18-8-9-18)23-21(27)22-17-6-4-16(5-7-17)10-14-24-12-2-1-3-13-24/h4-7,18-19H,1-3,8-15H2,(H2,22,23,27). The number of anilines is 1. The van der Waals surface area contributed by atoms with E-state index in [-0.39, 0.29) is 18.0 Å². The summed E-state index contributed by atoms with van der Waals surface area (Å²) in [4.78, 5) is 29.0. The highest BCUT2D eigenvalue weighted by Crippen LogP contribution is 2.30. The van der Waals surface area contributed by atoms with E-state index in [1.165, 1.54) is 37.9 Å². The second-order valence-electron chi connectivity index (χ2n) is 8.05. The largest absolute Gasteiger partial charge is 0.338 e. The fourth-order valence-electron chi connectivity index (χ4n) is 4.14. The van der Waals surface area contributed by atoms with Gasteiger partial charge in [-0.25, -0.2) is 4.79 Å². The van der Waals surface area contributed by atoms with Crippen LogP contribution in [0, 0.1) is 0 Å². The number of piperidine rings is 1. The topological polar surface area (TPSA) is 64.7 Å². The first kappa shape index (κ1) is 18.3. The number of nitrogens with zero attached hydrogens (tertiary/aromatic N) is 2. The fraction of sp³-hybridized carbons (Fsp3) is 0.619. The second-order valence-corrected chi connectivity index (χ2v) is 8.05. The van der Waals surface area contributed by atoms with Gasteiger partial charge in [0.1, 0.15) is 6.04 Å². The van der Waals surface area contributed by atoms with E-state index in [4.69, 9.17) is 0 Å². The number of amides is 3. The van der Waals surface area contributed by atoms with Gasteiger partial charge in [-0.3, -0.25) is 4.79 Å². The lowest BCUT2D eigenvalue weighted by Gasteiger charge is -2.26. The maximum Gasteiger partial charge on any atom is 0.319 e. The van der Waals surface area contributed by atoms with Crippen LogP contribution in [0.2, 0.25) is 0 Å². The van der Waals surface area contributed by atoms with Gasteiger partial charge in [-0.2, -0.15) is 0 Å². The van der Waals surface area contributed by atoms with E-state index < -0.39 is 0 Å². The van der Waals surface area contributed by atoms with Crippen molar-refractivity contribution in [1.82, 2.24) is 15.1 Å². The van der Waals surface area contributed by atoms with Crippen LogP contribution in [-0.2, 0) is 11.2 Å². The van der Waals surface area contributed by atoms with Gasteiger partial charge in [0.25, 0.3) is 0 Å². The SMILES string of the molecule is O=C(Nc1ccc(CCN2CCCCC2)cc1)NC1CCN(C2CC2)C1=O. The Morgan fingerprint density at radius 1 is 1.00 bits per heavy atom. The molecule has 3 aliphatic rings. The lowest BCUT2D eigenvalue weighted by atomic mass is 10.1. The smallest absolute Gasteiger partial charge is 0.319 e. The lowest BCUT2D eigenvalue weighted by molar-refractivity contribution is -0.129. The van der Waals surface area contributed by atoms with Crippen molar-refractivity contribution in [1.29, 1.82) is 0 Å². The van der Waals surface area contributed by atoms with Crippen molar-refractivity contribution in [2.75, 3.05) is 31.5 Å². The van der Waals surface area contributed by atoms with Crippen molar-refractivity contribution in [3.63, 3.8) is 0 Å². The summed E-state index contributed by atoms with van der Waals surface area (Å²) in [6.07, 6.45) is 7.96. The highest BCUT2D eigenvalue weighted by Gasteiger charge is 2.40. The van der Waals surface area contributed by atoms with E-state index >= 15 is 0 Å². The fourth-order valence-corrected chi connectivity index (χ4v) is 4.14. The van der Waals surface area contributed by atoms with Crippen LogP contribution < -0.4 is 10.6 Å². The molecule has 1 saturated carbocycles. The Morgan fingerprint density at radius 3 is 2.44 bits per heavy atom. The number of hydrogen-bond donors (Lipinski definition) is 2. The van der Waals surface area contributed by atoms with Crippen molar-refractivity contribution in [2.45, 2.75) is 57.0 Å². The summed E-state index contributed by atoms with van der Waals surface area (Å²) in [6, 6.07) is 7.78. The first-order chi connectivity index (χ1) is 13.2. The molecule has 3 fully saturated rings. The third-order valence-corrected chi connectivity index (χ3v) is 5.91. The minimum absolute atomic E-state index is 0.0701. The monoisotopic (exact) mass is 370 g/mol. The van der Waals surface area contributed by atoms with E-state index in [1.807, 2.05) is 17.0 Å². The van der Waals surface area contributed by atoms with Gasteiger partial charge in [-0.1, -0.05) is 18.6 Å². The number of hydrogen-bond acceptors (Lipinski definition) is 3. The van der Waals surface area contributed by atoms with E-state index in [2.05, 4.69) is 27.7 Å². The summed E-state index contributed by atoms with van der Waals surface area (Å²) in [5.41, 5.74) is 2.05. The average molecular weight is 370 g/mol. The third kappa shape index (κ3) is 4.80. The Bertz CT molecular complexity index is 665. The second kappa shape index (κ2) is 8.30. The maximum absolute atomic E-state index is 12.3. The Kier molecular flexibility index (Phi) is 5.62. The number of nitrogens with one attached hydrogen (secondary N) is 2. The maximum atomic E-state index is 12.3. The van der Waals surface area contributed by atoms with Crippen LogP contribution in [0.4, 0.5) is 10.5 Å². The van der Waals surface area contributed by atoms with E-state index in [1.54, 1.807) is 0 Å². The minimum atomic E-state index is -0.380. The molecule has 1 atom stereocenters. The predicted molar refractivity (Wildman–Crippen MR) is 106 cm³/mol. The molecule has 0 aromatic heterocycles. The molecular weight excluding hydrogens is 340 g/mol. The number of benzene rings is 1. The van der Waals surface area contributed by atoms with Gasteiger partial charge in [0.05, 0.1) is 0 Å². The summed E-state index contributed by atoms with van der Waals surface area (Å²) in [7, 11) is 0. The molecule has 4 rings (SSSR count). The molecule has 6 nitrogen and oxygen atoms in total. The Morgan fingerprint density at radius 2 is 1.74 bits per heavy atom. The van der Waals surface area contributed by atoms with Gasteiger partial charge in [0.15, 0.2) is 0 Å². The summed E-state index contributed by atoms with van der Waals surface area (Å²) >= 11 is 0. The molecule has 2 N–H and O–H groups in total. The van der Waals surface area contributed by atoms with Crippen LogP contribution in [0.25, 0.3) is 0 Å². The van der Waals surface area contributed by atoms with Gasteiger partial charge in [0.2, 0.25) is 5.91 Å². The number of urea groups is 1. The number of likely N-dealkylation sites (tertiary alicyclic amines) is 2. The zero-order valence-electron chi connectivity index (χ0n) is 16.0. The lowest BCUT2D eigenvalue weighted by Crippen LogP contribution is -2.43. The van der Waals surface area contributed by atoms with Crippen LogP contribution >= 0.6 is 0 Å². The Hall–Kier alpha value is -2.08. The molecule has 2 saturated heterocycles. The molecule has 6 heteroatoms. The van der Waals surface area contributed by atoms with Crippen molar-refractivity contribution < 1.29 is 9.59 Å². The molecule has 1 aliphatic carbocycles. The van der Waals surface area contributed by atoms with Crippen LogP contribution in [-0.4, -0.2) is 60.0 Å². The first-order valence-corrected chi connectivity index (χ1v) is 10.4. The van der Waals surface area contributed by atoms with Crippen LogP contribution in [0.5, 0.6) is 0 Å². The molecule has 146 valence electrons. The van der Waals surface area contributed by atoms with Crippen LogP contribution in [0.1, 0.15) is 44.1 Å². The molecule has 2 aliphatic heterocycles. The predicted octanol–water partition coefficient (Wildman–Crippen LogP) is 2.60. The molecule has 0 bridgehead atoms. The molecule has 1 aromatic carbocycles. The summed E-state index contributed by atoms with van der Waals surface area (Å²) in [6.45, 7) is 4.31. The number of rotatable bonds is 6. The van der Waals surface area contributed by atoms with E-state index in [0.29, 0.717) is 12.5 Å². The summed E-state index contributed by atoms with van der Waals surface area (Å²) in [5, 5.41) is 5.68. The number of carbonyl (C=O) groups is 2. The quantitative estimate of drug-likeness (QED) is 0.809. The van der Waals surface area contributed by atoms with Gasteiger partial charge in [0, 0.05) is 24.8 Å². The molecule has 27 heavy (non-hydrogen) atoms. The highest BCUT2D eigenvalue weighted by atomic mass is 16.2. The van der Waals surface area contributed by atoms with E-state index in [9.17, 15) is 9.59 Å². The van der Waals surface area contributed by atoms with Crippen molar-refractivity contribution in [2.24, 2.45) is 0 Å². The molecule has 0 radical (unpaired) electrons. The van der Waals surface area contributed by atoms with Crippen LogP contribution in [0.3, 0.4) is 0 Å². The van der Waals surface area contributed by atoms with Crippen molar-refractivity contribution in [3.05, 3.63) is 29.8 Å². The minimum Gasteiger partial charge on any atom is -0.338 e. The molecular formula is C21H30N4O2. The van der Waals surface area contributed by atoms with Gasteiger partial charge in [-0.05, 0) is 69.3 Å². The van der Waals surface area contributed by atoms with E-state index in [0.717, 1.165) is 38.0 Å². The Balaban J connectivity index is 1.22. The summed E-state index contributed by atoms with van der Waals surface area (Å²) < 4.78 is 0. The number of carbonyl (C=O) groups excluding carboxylic acids is 2. The normalized spacial score (nSPS) is 23.5. The third-order valence-electron chi connectivity index (χ3n) is 5.91. The molecule has 1 unspecified atom stereocenters. The summed E-state index contributed by atoms with van der Waals surface area (Å²) in [5.74, 6) is 0.0701. The zero-order chi connectivity index (χ0) is 18.6. The van der Waals surface area contributed by atoms with Crippen molar-refractivity contribution >= 4 is 17.6 Å². The van der Waals surface area contributed by atoms with Gasteiger partial charge in [-0.15, -0.1) is 0 Å². The average Bonchev–Trinajstić information content (AvgIpc) is 3.47. The highest BCUT2D eigenvalue weighted by molar-refractivity contribution is 5.94. The van der Waals surface area contributed by atoms with Crippen molar-refractivity contribution in [3.8, 4) is 0 Å².